The number of nitrogens with one attached hydrogen (secondary N) is 2. The van der Waals surface area contributed by atoms with Crippen molar-refractivity contribution in [2.45, 2.75) is 40.0 Å². The fourth-order valence-corrected chi connectivity index (χ4v) is 2.00. The van der Waals surface area contributed by atoms with Gasteiger partial charge in [-0.3, -0.25) is 9.59 Å². The van der Waals surface area contributed by atoms with Gasteiger partial charge in [0.2, 0.25) is 11.8 Å². The van der Waals surface area contributed by atoms with Crippen LogP contribution in [0.5, 0.6) is 0 Å². The largest absolute Gasteiger partial charge is 0.330 e. The van der Waals surface area contributed by atoms with Crippen LogP contribution in [0.3, 0.4) is 0 Å². The Bertz CT molecular complexity index is 496. The van der Waals surface area contributed by atoms with Crippen molar-refractivity contribution in [2.75, 3.05) is 17.2 Å². The maximum Gasteiger partial charge on any atom is 0.224 e. The molecule has 1 aromatic rings. The lowest BCUT2D eigenvalue weighted by Gasteiger charge is -2.15. The van der Waals surface area contributed by atoms with Crippen LogP contribution in [0.2, 0.25) is 0 Å². The molecule has 0 aliphatic carbocycles. The molecule has 0 saturated carbocycles. The van der Waals surface area contributed by atoms with Crippen LogP contribution in [0.1, 0.15) is 38.7 Å². The quantitative estimate of drug-likeness (QED) is 0.722. The summed E-state index contributed by atoms with van der Waals surface area (Å²) in [7, 11) is 0. The first-order chi connectivity index (χ1) is 10.0. The van der Waals surface area contributed by atoms with Crippen LogP contribution in [0, 0.1) is 12.8 Å². The van der Waals surface area contributed by atoms with Gasteiger partial charge in [0, 0.05) is 24.2 Å². The third-order valence-corrected chi connectivity index (χ3v) is 3.59. The van der Waals surface area contributed by atoms with Crippen molar-refractivity contribution in [3.05, 3.63) is 23.8 Å². The van der Waals surface area contributed by atoms with Crippen LogP contribution in [-0.4, -0.2) is 18.4 Å². The van der Waals surface area contributed by atoms with E-state index in [2.05, 4.69) is 10.6 Å². The first-order valence-electron chi connectivity index (χ1n) is 7.41. The van der Waals surface area contributed by atoms with Gasteiger partial charge in [-0.15, -0.1) is 0 Å². The third kappa shape index (κ3) is 5.19. The number of hydrogen-bond acceptors (Lipinski definition) is 3. The van der Waals surface area contributed by atoms with E-state index in [9.17, 15) is 9.59 Å². The number of carbonyl (C=O) groups is 2. The molecule has 1 atom stereocenters. The minimum Gasteiger partial charge on any atom is -0.330 e. The molecular weight excluding hydrogens is 266 g/mol. The smallest absolute Gasteiger partial charge is 0.224 e. The van der Waals surface area contributed by atoms with Gasteiger partial charge in [-0.2, -0.15) is 0 Å². The lowest BCUT2D eigenvalue weighted by Crippen LogP contribution is -2.22. The lowest BCUT2D eigenvalue weighted by atomic mass is 10.0. The molecule has 2 amide bonds. The van der Waals surface area contributed by atoms with Crippen molar-refractivity contribution in [3.8, 4) is 0 Å². The van der Waals surface area contributed by atoms with Crippen LogP contribution < -0.4 is 16.4 Å². The fourth-order valence-electron chi connectivity index (χ4n) is 2.00. The molecule has 0 aliphatic heterocycles. The van der Waals surface area contributed by atoms with E-state index in [-0.39, 0.29) is 17.7 Å². The van der Waals surface area contributed by atoms with Gasteiger partial charge in [-0.05, 0) is 37.1 Å². The molecular formula is C16H25N3O2. The second-order valence-corrected chi connectivity index (χ2v) is 5.14. The second kappa shape index (κ2) is 8.42. The molecule has 1 aromatic carbocycles. The topological polar surface area (TPSA) is 84.2 Å². The normalized spacial score (nSPS) is 11.8. The average Bonchev–Trinajstić information content (AvgIpc) is 2.48. The Morgan fingerprint density at radius 1 is 1.14 bits per heavy atom. The first kappa shape index (κ1) is 17.2. The van der Waals surface area contributed by atoms with E-state index in [0.717, 1.165) is 23.4 Å². The van der Waals surface area contributed by atoms with Crippen LogP contribution in [0.4, 0.5) is 11.4 Å². The molecule has 0 heterocycles. The average molecular weight is 291 g/mol. The zero-order chi connectivity index (χ0) is 15.8. The third-order valence-electron chi connectivity index (χ3n) is 3.59. The molecule has 5 nitrogen and oxygen atoms in total. The van der Waals surface area contributed by atoms with Crippen molar-refractivity contribution < 1.29 is 9.59 Å². The van der Waals surface area contributed by atoms with E-state index in [1.807, 2.05) is 32.0 Å². The van der Waals surface area contributed by atoms with Gasteiger partial charge >= 0.3 is 0 Å². The van der Waals surface area contributed by atoms with E-state index < -0.39 is 0 Å². The Labute approximate surface area is 126 Å². The van der Waals surface area contributed by atoms with Gasteiger partial charge in [0.25, 0.3) is 0 Å². The highest BCUT2D eigenvalue weighted by Crippen LogP contribution is 2.24. The van der Waals surface area contributed by atoms with Crippen molar-refractivity contribution in [1.29, 1.82) is 0 Å². The van der Waals surface area contributed by atoms with Crippen molar-refractivity contribution >= 4 is 23.2 Å². The van der Waals surface area contributed by atoms with Crippen molar-refractivity contribution in [1.82, 2.24) is 0 Å². The summed E-state index contributed by atoms with van der Waals surface area (Å²) in [6, 6.07) is 5.47. The summed E-state index contributed by atoms with van der Waals surface area (Å²) in [6.45, 7) is 6.21. The summed E-state index contributed by atoms with van der Waals surface area (Å²) in [5.41, 5.74) is 7.93. The molecule has 0 aliphatic rings. The molecule has 0 radical (unpaired) electrons. The molecule has 1 rings (SSSR count). The summed E-state index contributed by atoms with van der Waals surface area (Å²) >= 11 is 0. The molecule has 21 heavy (non-hydrogen) atoms. The van der Waals surface area contributed by atoms with Crippen molar-refractivity contribution in [2.24, 2.45) is 11.7 Å². The number of rotatable bonds is 7. The van der Waals surface area contributed by atoms with E-state index in [1.165, 1.54) is 0 Å². The maximum atomic E-state index is 12.0. The summed E-state index contributed by atoms with van der Waals surface area (Å²) in [4.78, 5) is 23.5. The molecule has 0 fully saturated rings. The zero-order valence-corrected chi connectivity index (χ0v) is 13.0. The summed E-state index contributed by atoms with van der Waals surface area (Å²) in [5, 5.41) is 5.72. The van der Waals surface area contributed by atoms with Gasteiger partial charge in [0.1, 0.15) is 0 Å². The molecule has 5 heteroatoms. The highest BCUT2D eigenvalue weighted by Gasteiger charge is 2.13. The molecule has 4 N–H and O–H groups in total. The monoisotopic (exact) mass is 291 g/mol. The standard InChI is InChI=1S/C16H25N3O2/c1-4-12(10-17)9-16(21)19-14-8-6-7-13(11(14)3)18-15(20)5-2/h6-8,12H,4-5,9-10,17H2,1-3H3,(H,18,20)(H,19,21). The predicted octanol–water partition coefficient (Wildman–Crippen LogP) is 2.66. The molecule has 116 valence electrons. The maximum absolute atomic E-state index is 12.0. The Morgan fingerprint density at radius 3 is 2.19 bits per heavy atom. The SMILES string of the molecule is CCC(=O)Nc1cccc(NC(=O)CC(CC)CN)c1C. The minimum absolute atomic E-state index is 0.0456. The van der Waals surface area contributed by atoms with E-state index in [1.54, 1.807) is 6.92 Å². The van der Waals surface area contributed by atoms with Gasteiger partial charge in [-0.1, -0.05) is 26.3 Å². The van der Waals surface area contributed by atoms with Crippen molar-refractivity contribution in [3.63, 3.8) is 0 Å². The lowest BCUT2D eigenvalue weighted by molar-refractivity contribution is -0.117. The molecule has 1 unspecified atom stereocenters. The van der Waals surface area contributed by atoms with Crippen LogP contribution in [0.25, 0.3) is 0 Å². The predicted molar refractivity (Wildman–Crippen MR) is 86.2 cm³/mol. The van der Waals surface area contributed by atoms with E-state index in [0.29, 0.717) is 19.4 Å². The number of anilines is 2. The number of carbonyl (C=O) groups excluding carboxylic acids is 2. The Kier molecular flexibility index (Phi) is 6.88. The van der Waals surface area contributed by atoms with Gasteiger partial charge in [0.05, 0.1) is 0 Å². The zero-order valence-electron chi connectivity index (χ0n) is 13.0. The van der Waals surface area contributed by atoms with Crippen LogP contribution in [0.15, 0.2) is 18.2 Å². The van der Waals surface area contributed by atoms with E-state index in [4.69, 9.17) is 5.73 Å². The van der Waals surface area contributed by atoms with Gasteiger partial charge in [0.15, 0.2) is 0 Å². The number of nitrogens with two attached hydrogens (primary N) is 1. The fraction of sp³-hybridized carbons (Fsp3) is 0.500. The highest BCUT2D eigenvalue weighted by atomic mass is 16.2. The molecule has 0 bridgehead atoms. The highest BCUT2D eigenvalue weighted by molar-refractivity contribution is 5.95. The van der Waals surface area contributed by atoms with Crippen LogP contribution in [-0.2, 0) is 9.59 Å². The number of benzene rings is 1. The Morgan fingerprint density at radius 2 is 1.71 bits per heavy atom. The summed E-state index contributed by atoms with van der Waals surface area (Å²) in [6.07, 6.45) is 1.72. The molecule has 0 spiro atoms. The van der Waals surface area contributed by atoms with E-state index >= 15 is 0 Å². The Balaban J connectivity index is 2.77. The first-order valence-corrected chi connectivity index (χ1v) is 7.41. The van der Waals surface area contributed by atoms with Gasteiger partial charge in [-0.25, -0.2) is 0 Å². The molecule has 0 saturated heterocycles. The summed E-state index contributed by atoms with van der Waals surface area (Å²) < 4.78 is 0. The second-order valence-electron chi connectivity index (χ2n) is 5.14. The number of hydrogen-bond donors (Lipinski definition) is 3. The summed E-state index contributed by atoms with van der Waals surface area (Å²) in [5.74, 6) is 0.110. The number of amides is 2. The Hall–Kier alpha value is -1.88. The van der Waals surface area contributed by atoms with Gasteiger partial charge < -0.3 is 16.4 Å². The minimum atomic E-state index is -0.0469. The van der Waals surface area contributed by atoms with Crippen LogP contribution >= 0.6 is 0 Å². The molecule has 0 aromatic heterocycles.